The fraction of sp³-hybridized carbons (Fsp3) is 0.333. The van der Waals surface area contributed by atoms with Crippen LogP contribution in [-0.4, -0.2) is 5.91 Å². The van der Waals surface area contributed by atoms with Crippen LogP contribution in [0.25, 0.3) is 0 Å². The molecule has 1 aromatic carbocycles. The fourth-order valence-corrected chi connectivity index (χ4v) is 3.99. The average molecular weight is 415 g/mol. The molecule has 0 fully saturated rings. The molecule has 0 saturated carbocycles. The number of aryl methyl sites for hydroxylation is 2. The molecule has 1 aromatic heterocycles. The van der Waals surface area contributed by atoms with Gasteiger partial charge in [0.25, 0.3) is 5.91 Å². The number of anilines is 1. The maximum absolute atomic E-state index is 13.1. The summed E-state index contributed by atoms with van der Waals surface area (Å²) >= 11 is 3.49. The summed E-state index contributed by atoms with van der Waals surface area (Å²) < 4.78 is 1.36. The smallest absolute Gasteiger partial charge is 0.263 e. The summed E-state index contributed by atoms with van der Waals surface area (Å²) in [6.07, 6.45) is 7.32. The van der Waals surface area contributed by atoms with Crippen molar-refractivity contribution < 1.29 is 9.52 Å². The number of aromatic nitrogens is 1. The Labute approximate surface area is 163 Å². The number of carbonyl (C=O) groups excluding carboxylic acids is 1. The van der Waals surface area contributed by atoms with Crippen molar-refractivity contribution in [2.45, 2.75) is 47.0 Å². The minimum absolute atomic E-state index is 0.279. The van der Waals surface area contributed by atoms with E-state index in [1.807, 2.05) is 32.0 Å². The van der Waals surface area contributed by atoms with Gasteiger partial charge in [0.15, 0.2) is 5.69 Å². The number of amides is 1. The van der Waals surface area contributed by atoms with E-state index in [4.69, 9.17) is 6.42 Å². The third-order valence-electron chi connectivity index (χ3n) is 4.64. The van der Waals surface area contributed by atoms with Gasteiger partial charge < -0.3 is 10.5 Å². The van der Waals surface area contributed by atoms with Gasteiger partial charge >= 0.3 is 0 Å². The van der Waals surface area contributed by atoms with E-state index in [0.29, 0.717) is 27.0 Å². The first-order valence-corrected chi connectivity index (χ1v) is 9.43. The molecule has 0 aliphatic rings. The van der Waals surface area contributed by atoms with Crippen molar-refractivity contribution in [2.24, 2.45) is 0 Å². The van der Waals surface area contributed by atoms with Gasteiger partial charge in [-0.1, -0.05) is 32.0 Å². The predicted octanol–water partition coefficient (Wildman–Crippen LogP) is 4.25. The van der Waals surface area contributed by atoms with E-state index in [1.54, 1.807) is 13.8 Å². The molecule has 1 heterocycles. The molecule has 0 aliphatic carbocycles. The quantitative estimate of drug-likeness (QED) is 0.451. The first-order valence-electron chi connectivity index (χ1n) is 8.63. The molecule has 0 aliphatic heterocycles. The van der Waals surface area contributed by atoms with Crippen LogP contribution in [0.3, 0.4) is 0 Å². The molecule has 2 aromatic rings. The molecule has 0 radical (unpaired) electrons. The van der Waals surface area contributed by atoms with Gasteiger partial charge in [-0.05, 0) is 39.9 Å². The standard InChI is InChI=1S/C21H23BrN2O2/c1-6-10-17-13(4)24(26)14(5)18(19(17)22)21(25)23-20-15(7-2)11-9-12-16(20)8-3/h1,9,11-12H,7-8,10H2,2-5H3,(H,23,25). The largest absolute Gasteiger partial charge is 0.618 e. The number of hydrogen-bond donors (Lipinski definition) is 1. The molecular weight excluding hydrogens is 392 g/mol. The number of hydrogen-bond acceptors (Lipinski definition) is 2. The summed E-state index contributed by atoms with van der Waals surface area (Å²) in [6.45, 7) is 7.45. The Morgan fingerprint density at radius 1 is 1.23 bits per heavy atom. The van der Waals surface area contributed by atoms with Crippen LogP contribution in [-0.2, 0) is 19.3 Å². The molecule has 136 valence electrons. The van der Waals surface area contributed by atoms with Crippen LogP contribution >= 0.6 is 15.9 Å². The number of terminal acetylenes is 1. The second-order valence-electron chi connectivity index (χ2n) is 6.13. The van der Waals surface area contributed by atoms with E-state index in [-0.39, 0.29) is 12.3 Å². The lowest BCUT2D eigenvalue weighted by Gasteiger charge is -2.18. The lowest BCUT2D eigenvalue weighted by atomic mass is 10.0. The Morgan fingerprint density at radius 3 is 2.31 bits per heavy atom. The lowest BCUT2D eigenvalue weighted by molar-refractivity contribution is -0.619. The first-order chi connectivity index (χ1) is 12.4. The van der Waals surface area contributed by atoms with Gasteiger partial charge in [-0.25, -0.2) is 0 Å². The second kappa shape index (κ2) is 8.37. The zero-order valence-electron chi connectivity index (χ0n) is 15.6. The maximum Gasteiger partial charge on any atom is 0.263 e. The molecule has 5 heteroatoms. The predicted molar refractivity (Wildman–Crippen MR) is 108 cm³/mol. The summed E-state index contributed by atoms with van der Waals surface area (Å²) in [5.74, 6) is 2.24. The summed E-state index contributed by atoms with van der Waals surface area (Å²) in [6, 6.07) is 6.00. The highest BCUT2D eigenvalue weighted by Crippen LogP contribution is 2.28. The Balaban J connectivity index is 2.58. The molecule has 1 N–H and O–H groups in total. The highest BCUT2D eigenvalue weighted by Gasteiger charge is 2.26. The number of rotatable bonds is 5. The zero-order chi connectivity index (χ0) is 19.4. The summed E-state index contributed by atoms with van der Waals surface area (Å²) in [5, 5.41) is 15.5. The van der Waals surface area contributed by atoms with Crippen molar-refractivity contribution in [1.29, 1.82) is 0 Å². The molecule has 26 heavy (non-hydrogen) atoms. The van der Waals surface area contributed by atoms with E-state index < -0.39 is 0 Å². The van der Waals surface area contributed by atoms with E-state index in [1.165, 1.54) is 0 Å². The number of carbonyl (C=O) groups is 1. The summed E-state index contributed by atoms with van der Waals surface area (Å²) in [4.78, 5) is 13.1. The normalized spacial score (nSPS) is 10.5. The number of para-hydroxylation sites is 1. The number of halogens is 1. The summed E-state index contributed by atoms with van der Waals surface area (Å²) in [5.41, 5.74) is 4.80. The van der Waals surface area contributed by atoms with Crippen LogP contribution in [0.5, 0.6) is 0 Å². The Morgan fingerprint density at radius 2 is 1.81 bits per heavy atom. The average Bonchev–Trinajstić information content (AvgIpc) is 2.63. The molecule has 2 rings (SSSR count). The van der Waals surface area contributed by atoms with Gasteiger partial charge in [0.2, 0.25) is 5.69 Å². The first kappa shape index (κ1) is 20.0. The van der Waals surface area contributed by atoms with Crippen LogP contribution in [0, 0.1) is 31.4 Å². The molecule has 0 spiro atoms. The van der Waals surface area contributed by atoms with Crippen molar-refractivity contribution >= 4 is 27.5 Å². The monoisotopic (exact) mass is 414 g/mol. The molecule has 1 amide bonds. The molecule has 4 nitrogen and oxygen atoms in total. The maximum atomic E-state index is 13.1. The van der Waals surface area contributed by atoms with Gasteiger partial charge in [-0.2, -0.15) is 4.73 Å². The lowest BCUT2D eigenvalue weighted by Crippen LogP contribution is -2.38. The molecule has 0 atom stereocenters. The summed E-state index contributed by atoms with van der Waals surface area (Å²) in [7, 11) is 0. The van der Waals surface area contributed by atoms with Crippen LogP contribution in [0.15, 0.2) is 22.7 Å². The Kier molecular flexibility index (Phi) is 6.44. The van der Waals surface area contributed by atoms with Crippen molar-refractivity contribution in [1.82, 2.24) is 0 Å². The van der Waals surface area contributed by atoms with Gasteiger partial charge in [-0.3, -0.25) is 4.79 Å². The molecule has 0 unspecified atom stereocenters. The van der Waals surface area contributed by atoms with Crippen molar-refractivity contribution in [3.05, 3.63) is 61.5 Å². The van der Waals surface area contributed by atoms with Crippen LogP contribution in [0.1, 0.15) is 52.3 Å². The second-order valence-corrected chi connectivity index (χ2v) is 6.92. The van der Waals surface area contributed by atoms with Crippen molar-refractivity contribution in [2.75, 3.05) is 5.32 Å². The van der Waals surface area contributed by atoms with Crippen LogP contribution < -0.4 is 10.0 Å². The van der Waals surface area contributed by atoms with Crippen molar-refractivity contribution in [3.8, 4) is 12.3 Å². The third kappa shape index (κ3) is 3.61. The van der Waals surface area contributed by atoms with E-state index in [9.17, 15) is 10.0 Å². The number of pyridine rings is 1. The highest BCUT2D eigenvalue weighted by atomic mass is 79.9. The Hall–Kier alpha value is -2.32. The zero-order valence-corrected chi connectivity index (χ0v) is 17.2. The number of benzene rings is 1. The van der Waals surface area contributed by atoms with E-state index in [2.05, 4.69) is 27.2 Å². The number of nitrogens with zero attached hydrogens (tertiary/aromatic N) is 1. The van der Waals surface area contributed by atoms with Crippen LogP contribution in [0.4, 0.5) is 5.69 Å². The topological polar surface area (TPSA) is 56.0 Å². The SMILES string of the molecule is C#CCc1c(Br)c(C(=O)Nc2c(CC)cccc2CC)c(C)[n+]([O-])c1C. The van der Waals surface area contributed by atoms with Crippen LogP contribution in [0.2, 0.25) is 0 Å². The van der Waals surface area contributed by atoms with Gasteiger partial charge in [0.05, 0.1) is 0 Å². The minimum Gasteiger partial charge on any atom is -0.618 e. The number of nitrogens with one attached hydrogen (secondary N) is 1. The highest BCUT2D eigenvalue weighted by molar-refractivity contribution is 9.10. The minimum atomic E-state index is -0.312. The molecule has 0 bridgehead atoms. The fourth-order valence-electron chi connectivity index (χ4n) is 3.09. The van der Waals surface area contributed by atoms with Gasteiger partial charge in [0, 0.05) is 36.0 Å². The van der Waals surface area contributed by atoms with E-state index >= 15 is 0 Å². The molecule has 0 saturated heterocycles. The Bertz CT molecular complexity index is 876. The van der Waals surface area contributed by atoms with E-state index in [0.717, 1.165) is 34.4 Å². The third-order valence-corrected chi connectivity index (χ3v) is 5.51. The van der Waals surface area contributed by atoms with Gasteiger partial charge in [-0.15, -0.1) is 12.3 Å². The molecular formula is C21H23BrN2O2. The van der Waals surface area contributed by atoms with Gasteiger partial charge in [0.1, 0.15) is 5.56 Å². The van der Waals surface area contributed by atoms with Crippen molar-refractivity contribution in [3.63, 3.8) is 0 Å².